The average molecular weight is 519 g/mol. The molecule has 2 aromatic rings. The summed E-state index contributed by atoms with van der Waals surface area (Å²) in [6.45, 7) is 5.87. The lowest BCUT2D eigenvalue weighted by molar-refractivity contribution is -0.117. The minimum Gasteiger partial charge on any atom is -0.493 e. The Labute approximate surface area is 213 Å². The number of carbonyl (C=O) groups excluding carboxylic acids is 1. The van der Waals surface area contributed by atoms with Gasteiger partial charge < -0.3 is 14.8 Å². The summed E-state index contributed by atoms with van der Waals surface area (Å²) in [7, 11) is -1.39. The Morgan fingerprint density at radius 2 is 1.78 bits per heavy atom. The Bertz CT molecular complexity index is 1240. The molecule has 9 heteroatoms. The first-order valence-electron chi connectivity index (χ1n) is 12.2. The number of carbonyl (C=O) groups is 1. The second-order valence-corrected chi connectivity index (χ2v) is 10.7. The number of amides is 1. The summed E-state index contributed by atoms with van der Waals surface area (Å²) < 4.78 is 54.2. The Morgan fingerprint density at radius 3 is 2.39 bits per heavy atom. The van der Waals surface area contributed by atoms with E-state index in [2.05, 4.69) is 19.2 Å². The number of unbranched alkanes of at least 4 members (excludes halogenated alkanes) is 1. The van der Waals surface area contributed by atoms with Crippen LogP contribution in [0.5, 0.6) is 11.5 Å². The van der Waals surface area contributed by atoms with Gasteiger partial charge in [-0.3, -0.25) is 9.10 Å². The van der Waals surface area contributed by atoms with Crippen LogP contribution in [0.25, 0.3) is 5.57 Å². The van der Waals surface area contributed by atoms with E-state index in [1.165, 1.54) is 32.4 Å². The maximum absolute atomic E-state index is 14.6. The van der Waals surface area contributed by atoms with E-state index < -0.39 is 21.7 Å². The van der Waals surface area contributed by atoms with Gasteiger partial charge in [-0.15, -0.1) is 0 Å². The molecule has 1 heterocycles. The lowest BCUT2D eigenvalue weighted by Gasteiger charge is -2.33. The summed E-state index contributed by atoms with van der Waals surface area (Å²) >= 11 is 0. The van der Waals surface area contributed by atoms with Crippen LogP contribution in [0.4, 0.5) is 10.1 Å². The highest BCUT2D eigenvalue weighted by atomic mass is 32.2. The minimum atomic E-state index is -4.32. The Hall–Kier alpha value is -3.07. The molecule has 0 aliphatic carbocycles. The van der Waals surface area contributed by atoms with E-state index in [-0.39, 0.29) is 22.9 Å². The number of methoxy groups -OCH3 is 2. The van der Waals surface area contributed by atoms with E-state index in [0.29, 0.717) is 34.9 Å². The molecular weight excluding hydrogens is 483 g/mol. The molecule has 1 N–H and O–H groups in total. The Morgan fingerprint density at radius 1 is 1.11 bits per heavy atom. The lowest BCUT2D eigenvalue weighted by Crippen LogP contribution is -2.42. The molecule has 0 fully saturated rings. The van der Waals surface area contributed by atoms with E-state index in [1.54, 1.807) is 25.1 Å². The zero-order valence-electron chi connectivity index (χ0n) is 21.6. The average Bonchev–Trinajstić information content (AvgIpc) is 2.86. The highest BCUT2D eigenvalue weighted by Crippen LogP contribution is 2.45. The van der Waals surface area contributed by atoms with Gasteiger partial charge in [0.15, 0.2) is 16.4 Å². The van der Waals surface area contributed by atoms with Crippen molar-refractivity contribution >= 4 is 27.2 Å². The van der Waals surface area contributed by atoms with Crippen LogP contribution < -0.4 is 19.1 Å². The van der Waals surface area contributed by atoms with Gasteiger partial charge in [0.1, 0.15) is 5.82 Å². The predicted octanol–water partition coefficient (Wildman–Crippen LogP) is 5.26. The van der Waals surface area contributed by atoms with Gasteiger partial charge >= 0.3 is 0 Å². The predicted molar refractivity (Wildman–Crippen MR) is 140 cm³/mol. The van der Waals surface area contributed by atoms with Crippen molar-refractivity contribution < 1.29 is 27.1 Å². The summed E-state index contributed by atoms with van der Waals surface area (Å²) in [6.07, 6.45) is 3.93. The highest BCUT2D eigenvalue weighted by molar-refractivity contribution is 7.97. The van der Waals surface area contributed by atoms with Gasteiger partial charge in [-0.25, -0.2) is 12.8 Å². The number of benzene rings is 2. The zero-order chi connectivity index (χ0) is 26.5. The van der Waals surface area contributed by atoms with Crippen molar-refractivity contribution in [2.24, 2.45) is 5.92 Å². The molecule has 1 amide bonds. The van der Waals surface area contributed by atoms with E-state index in [0.717, 1.165) is 30.0 Å². The number of anilines is 1. The van der Waals surface area contributed by atoms with Gasteiger partial charge in [-0.1, -0.05) is 51.3 Å². The Balaban J connectivity index is 2.11. The zero-order valence-corrected chi connectivity index (χ0v) is 22.4. The number of nitrogens with one attached hydrogen (secondary N) is 1. The van der Waals surface area contributed by atoms with E-state index in [9.17, 15) is 17.6 Å². The van der Waals surface area contributed by atoms with Crippen LogP contribution in [0.3, 0.4) is 0 Å². The maximum atomic E-state index is 14.6. The fraction of sp³-hybridized carbons (Fsp3) is 0.444. The topological polar surface area (TPSA) is 84.9 Å². The third-order valence-electron chi connectivity index (χ3n) is 6.64. The van der Waals surface area contributed by atoms with Crippen LogP contribution in [0.2, 0.25) is 0 Å². The minimum absolute atomic E-state index is 0.187. The molecular formula is C27H35FN2O5S. The van der Waals surface area contributed by atoms with E-state index in [1.807, 2.05) is 0 Å². The molecule has 2 aromatic carbocycles. The summed E-state index contributed by atoms with van der Waals surface area (Å²) in [6, 6.07) is 9.17. The van der Waals surface area contributed by atoms with Crippen molar-refractivity contribution in [2.75, 3.05) is 25.1 Å². The maximum Gasteiger partial charge on any atom is 0.270 e. The van der Waals surface area contributed by atoms with Crippen molar-refractivity contribution in [2.45, 2.75) is 53.0 Å². The number of sulfonamides is 1. The van der Waals surface area contributed by atoms with E-state index >= 15 is 0 Å². The third kappa shape index (κ3) is 5.51. The number of hydrogen-bond acceptors (Lipinski definition) is 5. The van der Waals surface area contributed by atoms with Crippen LogP contribution in [0.1, 0.15) is 57.6 Å². The molecule has 196 valence electrons. The number of rotatable bonds is 11. The van der Waals surface area contributed by atoms with Crippen LogP contribution in [0.15, 0.2) is 41.3 Å². The number of hydrogen-bond donors (Lipinski definition) is 1. The van der Waals surface area contributed by atoms with Crippen LogP contribution in [-0.2, 0) is 21.4 Å². The molecule has 0 unspecified atom stereocenters. The van der Waals surface area contributed by atoms with Crippen molar-refractivity contribution in [3.63, 3.8) is 0 Å². The molecule has 1 aliphatic rings. The van der Waals surface area contributed by atoms with Crippen molar-refractivity contribution in [3.05, 3.63) is 58.2 Å². The first-order chi connectivity index (χ1) is 17.2. The van der Waals surface area contributed by atoms with Gasteiger partial charge in [0.05, 0.1) is 26.5 Å². The molecule has 7 nitrogen and oxygen atoms in total. The molecule has 1 atom stereocenters. The molecule has 0 bridgehead atoms. The number of allylic oxidation sites excluding steroid dienone is 1. The quantitative estimate of drug-likeness (QED) is 0.439. The number of halogens is 1. The van der Waals surface area contributed by atoms with Gasteiger partial charge in [-0.2, -0.15) is 0 Å². The molecule has 0 saturated carbocycles. The largest absolute Gasteiger partial charge is 0.493 e. The molecule has 1 aliphatic heterocycles. The highest BCUT2D eigenvalue weighted by Gasteiger charge is 2.40. The van der Waals surface area contributed by atoms with Crippen LogP contribution in [-0.4, -0.2) is 35.1 Å². The number of ether oxygens (including phenoxy) is 2. The fourth-order valence-corrected chi connectivity index (χ4v) is 6.17. The van der Waals surface area contributed by atoms with Crippen LogP contribution in [0, 0.1) is 11.7 Å². The van der Waals surface area contributed by atoms with Crippen molar-refractivity contribution in [3.8, 4) is 11.5 Å². The number of fused-ring (bicyclic) bond motifs is 1. The van der Waals surface area contributed by atoms with Gasteiger partial charge in [0.25, 0.3) is 15.9 Å². The van der Waals surface area contributed by atoms with Crippen molar-refractivity contribution in [1.82, 2.24) is 5.32 Å². The summed E-state index contributed by atoms with van der Waals surface area (Å²) in [5, 5.41) is 2.84. The van der Waals surface area contributed by atoms with Crippen molar-refractivity contribution in [1.29, 1.82) is 0 Å². The van der Waals surface area contributed by atoms with Gasteiger partial charge in [-0.05, 0) is 37.0 Å². The Kier molecular flexibility index (Phi) is 9.00. The first kappa shape index (κ1) is 27.5. The molecule has 0 aromatic heterocycles. The van der Waals surface area contributed by atoms with Gasteiger partial charge in [0.2, 0.25) is 0 Å². The smallest absolute Gasteiger partial charge is 0.270 e. The molecule has 0 saturated heterocycles. The molecule has 0 radical (unpaired) electrons. The lowest BCUT2D eigenvalue weighted by atomic mass is 9.99. The first-order valence-corrected chi connectivity index (χ1v) is 13.6. The molecule has 3 rings (SSSR count). The SMILES string of the molecule is CCCC[C@H](CC)CNC(=O)C1=C(C)c2cc(OC)c(OC)cc2N(Cc2ccccc2F)S1(=O)=O. The van der Waals surface area contributed by atoms with E-state index in [4.69, 9.17) is 9.47 Å². The number of nitrogens with zero attached hydrogens (tertiary/aromatic N) is 1. The molecule has 0 spiro atoms. The fourth-order valence-electron chi connectivity index (χ4n) is 4.43. The summed E-state index contributed by atoms with van der Waals surface area (Å²) in [5.74, 6) is -0.221. The molecule has 36 heavy (non-hydrogen) atoms. The third-order valence-corrected chi connectivity index (χ3v) is 8.55. The normalized spacial score (nSPS) is 15.3. The second kappa shape index (κ2) is 11.8. The van der Waals surface area contributed by atoms with Gasteiger partial charge in [0, 0.05) is 23.7 Å². The standard InChI is InChI=1S/C27H35FN2O5S/c1-6-8-11-19(7-2)16-29-27(31)26-18(3)21-14-24(34-4)25(35-5)15-23(21)30(36(26,32)33)17-20-12-9-10-13-22(20)28/h9-10,12-15,19H,6-8,11,16-17H2,1-5H3,(H,29,31)/t19-/m0/s1. The summed E-state index contributed by atoms with van der Waals surface area (Å²) in [5.41, 5.74) is 1.28. The second-order valence-electron chi connectivity index (χ2n) is 8.91. The monoisotopic (exact) mass is 518 g/mol. The summed E-state index contributed by atoms with van der Waals surface area (Å²) in [4.78, 5) is 13.0. The van der Waals surface area contributed by atoms with Crippen LogP contribution >= 0.6 is 0 Å².